The average molecular weight is 236 g/mol. The number of rotatable bonds is 3. The van der Waals surface area contributed by atoms with Crippen LogP contribution in [0.2, 0.25) is 0 Å². The third-order valence-electron chi connectivity index (χ3n) is 3.39. The van der Waals surface area contributed by atoms with Gasteiger partial charge in [-0.2, -0.15) is 0 Å². The zero-order chi connectivity index (χ0) is 13.1. The first-order chi connectivity index (χ1) is 8.61. The standard InChI is InChI=1S/C18H20/c1-5-15-11-18(10-9-14(15)4)17-8-6-7-16(12-17)13(2)3/h5-13H,1H2,2-4H3. The van der Waals surface area contributed by atoms with Crippen LogP contribution in [0.5, 0.6) is 0 Å². The molecule has 0 bridgehead atoms. The molecule has 2 rings (SSSR count). The molecule has 0 aliphatic rings. The van der Waals surface area contributed by atoms with Gasteiger partial charge in [-0.05, 0) is 46.7 Å². The number of aryl methyl sites for hydroxylation is 1. The second-order valence-corrected chi connectivity index (χ2v) is 5.06. The summed E-state index contributed by atoms with van der Waals surface area (Å²) in [6, 6.07) is 15.3. The maximum absolute atomic E-state index is 3.87. The Hall–Kier alpha value is -1.82. The number of hydrogen-bond donors (Lipinski definition) is 0. The monoisotopic (exact) mass is 236 g/mol. The van der Waals surface area contributed by atoms with Gasteiger partial charge < -0.3 is 0 Å². The quantitative estimate of drug-likeness (QED) is 0.666. The predicted molar refractivity (Wildman–Crippen MR) is 80.8 cm³/mol. The summed E-state index contributed by atoms with van der Waals surface area (Å²) in [6.07, 6.45) is 1.92. The molecule has 0 spiro atoms. The Bertz CT molecular complexity index is 562. The fraction of sp³-hybridized carbons (Fsp3) is 0.222. The Labute approximate surface area is 110 Å². The van der Waals surface area contributed by atoms with E-state index in [1.807, 2.05) is 6.08 Å². The lowest BCUT2D eigenvalue weighted by Crippen LogP contribution is -1.89. The van der Waals surface area contributed by atoms with Gasteiger partial charge in [0.1, 0.15) is 0 Å². The summed E-state index contributed by atoms with van der Waals surface area (Å²) in [5, 5.41) is 0. The number of benzene rings is 2. The zero-order valence-corrected chi connectivity index (χ0v) is 11.4. The van der Waals surface area contributed by atoms with E-state index >= 15 is 0 Å². The molecule has 0 atom stereocenters. The van der Waals surface area contributed by atoms with Crippen molar-refractivity contribution in [3.8, 4) is 11.1 Å². The minimum atomic E-state index is 0.564. The first-order valence-electron chi connectivity index (χ1n) is 6.45. The molecule has 0 heteroatoms. The van der Waals surface area contributed by atoms with Crippen LogP contribution in [-0.2, 0) is 0 Å². The molecule has 0 radical (unpaired) electrons. The first kappa shape index (κ1) is 12.6. The van der Waals surface area contributed by atoms with Gasteiger partial charge >= 0.3 is 0 Å². The van der Waals surface area contributed by atoms with Crippen molar-refractivity contribution < 1.29 is 0 Å². The Morgan fingerprint density at radius 2 is 1.72 bits per heavy atom. The highest BCUT2D eigenvalue weighted by molar-refractivity contribution is 5.69. The zero-order valence-electron chi connectivity index (χ0n) is 11.4. The van der Waals surface area contributed by atoms with Crippen molar-refractivity contribution in [3.63, 3.8) is 0 Å². The Morgan fingerprint density at radius 1 is 1.00 bits per heavy atom. The molecule has 2 aromatic rings. The summed E-state index contributed by atoms with van der Waals surface area (Å²) in [4.78, 5) is 0. The molecule has 0 aliphatic carbocycles. The summed E-state index contributed by atoms with van der Waals surface area (Å²) < 4.78 is 0. The van der Waals surface area contributed by atoms with Crippen molar-refractivity contribution in [2.24, 2.45) is 0 Å². The van der Waals surface area contributed by atoms with Crippen molar-refractivity contribution in [2.45, 2.75) is 26.7 Å². The average Bonchev–Trinajstić information content (AvgIpc) is 2.39. The molecule has 0 aliphatic heterocycles. The van der Waals surface area contributed by atoms with E-state index in [0.29, 0.717) is 5.92 Å². The van der Waals surface area contributed by atoms with Crippen molar-refractivity contribution >= 4 is 6.08 Å². The van der Waals surface area contributed by atoms with Crippen LogP contribution >= 0.6 is 0 Å². The molecular weight excluding hydrogens is 216 g/mol. The third kappa shape index (κ3) is 2.53. The molecule has 0 nitrogen and oxygen atoms in total. The van der Waals surface area contributed by atoms with Gasteiger partial charge in [0.2, 0.25) is 0 Å². The van der Waals surface area contributed by atoms with Crippen LogP contribution in [0.3, 0.4) is 0 Å². The van der Waals surface area contributed by atoms with Gasteiger partial charge in [-0.25, -0.2) is 0 Å². The van der Waals surface area contributed by atoms with E-state index in [0.717, 1.165) is 0 Å². The van der Waals surface area contributed by atoms with Crippen LogP contribution in [-0.4, -0.2) is 0 Å². The highest BCUT2D eigenvalue weighted by Gasteiger charge is 2.03. The van der Waals surface area contributed by atoms with Crippen LogP contribution in [0.15, 0.2) is 49.0 Å². The normalized spacial score (nSPS) is 10.7. The van der Waals surface area contributed by atoms with E-state index in [9.17, 15) is 0 Å². The number of hydrogen-bond acceptors (Lipinski definition) is 0. The minimum Gasteiger partial charge on any atom is -0.0985 e. The van der Waals surface area contributed by atoms with Gasteiger partial charge in [0, 0.05) is 0 Å². The minimum absolute atomic E-state index is 0.564. The highest BCUT2D eigenvalue weighted by atomic mass is 14.1. The molecule has 0 heterocycles. The Morgan fingerprint density at radius 3 is 2.39 bits per heavy atom. The van der Waals surface area contributed by atoms with Gasteiger partial charge in [0.25, 0.3) is 0 Å². The van der Waals surface area contributed by atoms with E-state index < -0.39 is 0 Å². The predicted octanol–water partition coefficient (Wildman–Crippen LogP) is 5.43. The smallest absolute Gasteiger partial charge is 0.0178 e. The van der Waals surface area contributed by atoms with Crippen molar-refractivity contribution in [2.75, 3.05) is 0 Å². The van der Waals surface area contributed by atoms with E-state index in [1.54, 1.807) is 0 Å². The largest absolute Gasteiger partial charge is 0.0985 e. The maximum Gasteiger partial charge on any atom is -0.0178 e. The molecule has 18 heavy (non-hydrogen) atoms. The maximum atomic E-state index is 3.87. The Kier molecular flexibility index (Phi) is 3.66. The molecular formula is C18H20. The SMILES string of the molecule is C=Cc1cc(-c2cccc(C(C)C)c2)ccc1C. The third-order valence-corrected chi connectivity index (χ3v) is 3.39. The van der Waals surface area contributed by atoms with E-state index in [4.69, 9.17) is 0 Å². The fourth-order valence-electron chi connectivity index (χ4n) is 2.12. The topological polar surface area (TPSA) is 0 Å². The lowest BCUT2D eigenvalue weighted by molar-refractivity contribution is 0.867. The second kappa shape index (κ2) is 5.22. The molecule has 0 unspecified atom stereocenters. The summed E-state index contributed by atoms with van der Waals surface area (Å²) >= 11 is 0. The van der Waals surface area contributed by atoms with E-state index in [-0.39, 0.29) is 0 Å². The summed E-state index contributed by atoms with van der Waals surface area (Å²) in [6.45, 7) is 10.4. The first-order valence-corrected chi connectivity index (χ1v) is 6.45. The van der Waals surface area contributed by atoms with Gasteiger partial charge in [0.05, 0.1) is 0 Å². The van der Waals surface area contributed by atoms with Gasteiger partial charge in [-0.3, -0.25) is 0 Å². The summed E-state index contributed by atoms with van der Waals surface area (Å²) in [5.41, 5.74) is 6.41. The molecule has 0 fully saturated rings. The molecule has 0 aromatic heterocycles. The second-order valence-electron chi connectivity index (χ2n) is 5.06. The van der Waals surface area contributed by atoms with Crippen LogP contribution in [0.1, 0.15) is 36.5 Å². The van der Waals surface area contributed by atoms with Crippen molar-refractivity contribution in [3.05, 3.63) is 65.7 Å². The van der Waals surface area contributed by atoms with Crippen LogP contribution in [0, 0.1) is 6.92 Å². The molecule has 0 saturated carbocycles. The van der Waals surface area contributed by atoms with Crippen LogP contribution in [0.4, 0.5) is 0 Å². The van der Waals surface area contributed by atoms with E-state index in [1.165, 1.54) is 27.8 Å². The van der Waals surface area contributed by atoms with Gasteiger partial charge in [0.15, 0.2) is 0 Å². The lowest BCUT2D eigenvalue weighted by Gasteiger charge is -2.10. The molecule has 0 saturated heterocycles. The molecule has 0 amide bonds. The van der Waals surface area contributed by atoms with Crippen LogP contribution < -0.4 is 0 Å². The lowest BCUT2D eigenvalue weighted by atomic mass is 9.95. The Balaban J connectivity index is 2.48. The molecule has 92 valence electrons. The summed E-state index contributed by atoms with van der Waals surface area (Å²) in [7, 11) is 0. The van der Waals surface area contributed by atoms with Crippen molar-refractivity contribution in [1.29, 1.82) is 0 Å². The van der Waals surface area contributed by atoms with Gasteiger partial charge in [-0.1, -0.05) is 62.9 Å². The summed E-state index contributed by atoms with van der Waals surface area (Å²) in [5.74, 6) is 0.564. The molecule has 2 aromatic carbocycles. The van der Waals surface area contributed by atoms with Crippen molar-refractivity contribution in [1.82, 2.24) is 0 Å². The fourth-order valence-corrected chi connectivity index (χ4v) is 2.12. The van der Waals surface area contributed by atoms with Gasteiger partial charge in [-0.15, -0.1) is 0 Å². The highest BCUT2D eigenvalue weighted by Crippen LogP contribution is 2.26. The van der Waals surface area contributed by atoms with E-state index in [2.05, 4.69) is 69.8 Å². The molecule has 0 N–H and O–H groups in total. The van der Waals surface area contributed by atoms with Crippen LogP contribution in [0.25, 0.3) is 17.2 Å².